The molecule has 1 saturated heterocycles. The number of piperidine rings is 1. The number of oxazole rings is 1. The molecule has 1 aromatic carbocycles. The van der Waals surface area contributed by atoms with Gasteiger partial charge in [0, 0.05) is 0 Å². The van der Waals surface area contributed by atoms with Crippen LogP contribution in [0.2, 0.25) is 0 Å². The van der Waals surface area contributed by atoms with Crippen LogP contribution >= 0.6 is 0 Å². The van der Waals surface area contributed by atoms with E-state index in [-0.39, 0.29) is 11.5 Å². The van der Waals surface area contributed by atoms with Crippen molar-refractivity contribution in [3.63, 3.8) is 0 Å². The van der Waals surface area contributed by atoms with E-state index in [0.29, 0.717) is 0 Å². The van der Waals surface area contributed by atoms with Crippen LogP contribution in [0.5, 0.6) is 5.75 Å². The van der Waals surface area contributed by atoms with Crippen molar-refractivity contribution in [1.82, 2.24) is 10.3 Å². The van der Waals surface area contributed by atoms with Gasteiger partial charge in [0.05, 0.1) is 13.2 Å². The van der Waals surface area contributed by atoms with E-state index in [9.17, 15) is 0 Å². The SMILES string of the molecule is COc1cccc2oc(C3NCCCC3(C)C)nc12. The summed E-state index contributed by atoms with van der Waals surface area (Å²) < 4.78 is 11.3. The highest BCUT2D eigenvalue weighted by atomic mass is 16.5. The first-order chi connectivity index (χ1) is 9.12. The molecule has 0 amide bonds. The number of hydrogen-bond donors (Lipinski definition) is 1. The normalized spacial score (nSPS) is 22.6. The Labute approximate surface area is 113 Å². The monoisotopic (exact) mass is 260 g/mol. The molecule has 1 atom stereocenters. The minimum Gasteiger partial charge on any atom is -0.494 e. The van der Waals surface area contributed by atoms with Crippen LogP contribution in [0.4, 0.5) is 0 Å². The summed E-state index contributed by atoms with van der Waals surface area (Å²) in [5, 5.41) is 3.53. The summed E-state index contributed by atoms with van der Waals surface area (Å²) in [5.74, 6) is 1.53. The molecule has 4 nitrogen and oxygen atoms in total. The quantitative estimate of drug-likeness (QED) is 0.900. The van der Waals surface area contributed by atoms with E-state index in [4.69, 9.17) is 9.15 Å². The largest absolute Gasteiger partial charge is 0.494 e. The Hall–Kier alpha value is -1.55. The number of para-hydroxylation sites is 1. The lowest BCUT2D eigenvalue weighted by Gasteiger charge is -2.37. The van der Waals surface area contributed by atoms with Crippen LogP contribution < -0.4 is 10.1 Å². The van der Waals surface area contributed by atoms with E-state index < -0.39 is 0 Å². The van der Waals surface area contributed by atoms with Crippen LogP contribution in [0.3, 0.4) is 0 Å². The van der Waals surface area contributed by atoms with Crippen molar-refractivity contribution >= 4 is 11.1 Å². The van der Waals surface area contributed by atoms with Crippen LogP contribution in [0.25, 0.3) is 11.1 Å². The number of benzene rings is 1. The third kappa shape index (κ3) is 2.10. The van der Waals surface area contributed by atoms with Gasteiger partial charge in [-0.3, -0.25) is 0 Å². The van der Waals surface area contributed by atoms with Gasteiger partial charge in [-0.1, -0.05) is 19.9 Å². The van der Waals surface area contributed by atoms with Crippen LogP contribution in [0, 0.1) is 5.41 Å². The molecule has 2 aromatic rings. The molecule has 1 aliphatic rings. The number of hydrogen-bond acceptors (Lipinski definition) is 4. The standard InChI is InChI=1S/C15H20N2O2/c1-15(2)8-5-9-16-13(15)14-17-12-10(18-3)6-4-7-11(12)19-14/h4,6-7,13,16H,5,8-9H2,1-3H3. The molecule has 1 aromatic heterocycles. The molecule has 1 aliphatic heterocycles. The average molecular weight is 260 g/mol. The summed E-state index contributed by atoms with van der Waals surface area (Å²) in [4.78, 5) is 4.65. The van der Waals surface area contributed by atoms with Crippen molar-refractivity contribution in [3.8, 4) is 5.75 Å². The molecule has 1 fully saturated rings. The first-order valence-corrected chi connectivity index (χ1v) is 6.78. The van der Waals surface area contributed by atoms with Gasteiger partial charge in [0.2, 0.25) is 5.89 Å². The van der Waals surface area contributed by atoms with Crippen LogP contribution in [-0.2, 0) is 0 Å². The first-order valence-electron chi connectivity index (χ1n) is 6.78. The fourth-order valence-electron chi connectivity index (χ4n) is 2.86. The molecule has 1 unspecified atom stereocenters. The predicted molar refractivity (Wildman–Crippen MR) is 74.3 cm³/mol. The number of methoxy groups -OCH3 is 1. The summed E-state index contributed by atoms with van der Waals surface area (Å²) in [6, 6.07) is 5.94. The number of rotatable bonds is 2. The maximum absolute atomic E-state index is 5.93. The van der Waals surface area contributed by atoms with E-state index in [1.807, 2.05) is 18.2 Å². The maximum atomic E-state index is 5.93. The topological polar surface area (TPSA) is 47.3 Å². The second kappa shape index (κ2) is 4.53. The third-order valence-electron chi connectivity index (χ3n) is 3.99. The third-order valence-corrected chi connectivity index (χ3v) is 3.99. The minimum atomic E-state index is 0.159. The van der Waals surface area contributed by atoms with Crippen molar-refractivity contribution in [1.29, 1.82) is 0 Å². The van der Waals surface area contributed by atoms with Crippen molar-refractivity contribution in [2.75, 3.05) is 13.7 Å². The van der Waals surface area contributed by atoms with Crippen molar-refractivity contribution in [2.24, 2.45) is 5.41 Å². The van der Waals surface area contributed by atoms with Gasteiger partial charge in [0.15, 0.2) is 11.1 Å². The summed E-state index contributed by atoms with van der Waals surface area (Å²) in [6.07, 6.45) is 2.38. The van der Waals surface area contributed by atoms with Gasteiger partial charge < -0.3 is 14.5 Å². The lowest BCUT2D eigenvalue weighted by Crippen LogP contribution is -2.39. The van der Waals surface area contributed by atoms with Gasteiger partial charge in [-0.2, -0.15) is 0 Å². The van der Waals surface area contributed by atoms with E-state index in [1.54, 1.807) is 7.11 Å². The molecule has 102 valence electrons. The molecule has 4 heteroatoms. The summed E-state index contributed by atoms with van der Waals surface area (Å²) in [6.45, 7) is 5.54. The number of fused-ring (bicyclic) bond motifs is 1. The van der Waals surface area contributed by atoms with Crippen molar-refractivity contribution in [3.05, 3.63) is 24.1 Å². The van der Waals surface area contributed by atoms with Gasteiger partial charge in [0.1, 0.15) is 5.75 Å². The highest BCUT2D eigenvalue weighted by molar-refractivity contribution is 5.79. The number of ether oxygens (including phenoxy) is 1. The van der Waals surface area contributed by atoms with Crippen LogP contribution in [0.15, 0.2) is 22.6 Å². The second-order valence-electron chi connectivity index (χ2n) is 5.84. The zero-order valence-corrected chi connectivity index (χ0v) is 11.7. The summed E-state index contributed by atoms with van der Waals surface area (Å²) >= 11 is 0. The first kappa shape index (κ1) is 12.5. The van der Waals surface area contributed by atoms with Gasteiger partial charge in [-0.15, -0.1) is 0 Å². The van der Waals surface area contributed by atoms with Crippen LogP contribution in [0.1, 0.15) is 38.6 Å². The van der Waals surface area contributed by atoms with Crippen LogP contribution in [-0.4, -0.2) is 18.6 Å². The highest BCUT2D eigenvalue weighted by Gasteiger charge is 2.36. The molecule has 19 heavy (non-hydrogen) atoms. The van der Waals surface area contributed by atoms with E-state index in [2.05, 4.69) is 24.1 Å². The van der Waals surface area contributed by atoms with Gasteiger partial charge in [-0.25, -0.2) is 4.98 Å². The Kier molecular flexibility index (Phi) is 2.97. The molecule has 0 bridgehead atoms. The fraction of sp³-hybridized carbons (Fsp3) is 0.533. The number of aromatic nitrogens is 1. The maximum Gasteiger partial charge on any atom is 0.213 e. The average Bonchev–Trinajstić information content (AvgIpc) is 2.81. The van der Waals surface area contributed by atoms with Gasteiger partial charge in [-0.05, 0) is 36.9 Å². The molecule has 0 saturated carbocycles. The molecule has 0 spiro atoms. The number of nitrogens with zero attached hydrogens (tertiary/aromatic N) is 1. The minimum absolute atomic E-state index is 0.159. The highest BCUT2D eigenvalue weighted by Crippen LogP contribution is 2.41. The fourth-order valence-corrected chi connectivity index (χ4v) is 2.86. The lowest BCUT2D eigenvalue weighted by molar-refractivity contribution is 0.157. The zero-order valence-electron chi connectivity index (χ0n) is 11.7. The van der Waals surface area contributed by atoms with Gasteiger partial charge >= 0.3 is 0 Å². The van der Waals surface area contributed by atoms with Crippen molar-refractivity contribution < 1.29 is 9.15 Å². The second-order valence-corrected chi connectivity index (χ2v) is 5.84. The molecule has 3 rings (SSSR count). The Bertz CT molecular complexity index is 589. The Morgan fingerprint density at radius 1 is 1.42 bits per heavy atom. The zero-order chi connectivity index (χ0) is 13.5. The van der Waals surface area contributed by atoms with Crippen molar-refractivity contribution in [2.45, 2.75) is 32.7 Å². The Morgan fingerprint density at radius 3 is 3.00 bits per heavy atom. The number of nitrogens with one attached hydrogen (secondary N) is 1. The van der Waals surface area contributed by atoms with E-state index in [0.717, 1.165) is 29.3 Å². The Morgan fingerprint density at radius 2 is 2.26 bits per heavy atom. The lowest BCUT2D eigenvalue weighted by atomic mass is 9.77. The molecular weight excluding hydrogens is 240 g/mol. The molecular formula is C15H20N2O2. The molecule has 2 heterocycles. The summed E-state index contributed by atoms with van der Waals surface area (Å²) in [5.41, 5.74) is 1.76. The predicted octanol–water partition coefficient (Wildman–Crippen LogP) is 3.29. The van der Waals surface area contributed by atoms with E-state index in [1.165, 1.54) is 12.8 Å². The van der Waals surface area contributed by atoms with Gasteiger partial charge in [0.25, 0.3) is 0 Å². The molecule has 0 radical (unpaired) electrons. The summed E-state index contributed by atoms with van der Waals surface area (Å²) in [7, 11) is 1.66. The Balaban J connectivity index is 2.05. The molecule has 0 aliphatic carbocycles. The molecule has 1 N–H and O–H groups in total. The van der Waals surface area contributed by atoms with E-state index >= 15 is 0 Å². The smallest absolute Gasteiger partial charge is 0.213 e.